The van der Waals surface area contributed by atoms with Gasteiger partial charge in [0.2, 0.25) is 0 Å². The summed E-state index contributed by atoms with van der Waals surface area (Å²) in [6, 6.07) is 0. The Bertz CT molecular complexity index is 114. The van der Waals surface area contributed by atoms with Gasteiger partial charge in [-0.25, -0.2) is 0 Å². The van der Waals surface area contributed by atoms with E-state index in [1.807, 2.05) is 4.39 Å². The van der Waals surface area contributed by atoms with E-state index >= 15 is 0 Å². The Kier molecular flexibility index (Phi) is 6.84. The zero-order chi connectivity index (χ0) is 5.21. The molecule has 0 fully saturated rings. The summed E-state index contributed by atoms with van der Waals surface area (Å²) in [5, 5.41) is 0. The Hall–Kier alpha value is 1.37. The molecule has 0 atom stereocenters. The van der Waals surface area contributed by atoms with E-state index < -0.39 is 10.4 Å². The summed E-state index contributed by atoms with van der Waals surface area (Å²) in [6.07, 6.45) is 0. The number of halogens is 1. The van der Waals surface area contributed by atoms with E-state index in [1.165, 1.54) is 0 Å². The summed E-state index contributed by atoms with van der Waals surface area (Å²) >= 11 is 0. The van der Waals surface area contributed by atoms with E-state index in [2.05, 4.69) is 0 Å². The molecule has 0 unspecified atom stereocenters. The maximum atomic E-state index is 10.2. The van der Waals surface area contributed by atoms with E-state index in [0.29, 0.717) is 0 Å². The van der Waals surface area contributed by atoms with Gasteiger partial charge in [0.1, 0.15) is 0 Å². The number of hydrogen-bond acceptors (Lipinski definition) is 3. The third-order valence-corrected chi connectivity index (χ3v) is 0.239. The van der Waals surface area contributed by atoms with Gasteiger partial charge in [-0.1, -0.05) is 0 Å². The molecule has 42 valence electrons. The van der Waals surface area contributed by atoms with Crippen LogP contribution >= 0.6 is 0 Å². The van der Waals surface area contributed by atoms with Gasteiger partial charge in [-0.05, 0) is 8.91 Å². The first-order valence-electron chi connectivity index (χ1n) is 0.837. The van der Waals surface area contributed by atoms with Gasteiger partial charge in [-0.15, -0.1) is 0 Å². The predicted molar refractivity (Wildman–Crippen MR) is 22.3 cm³/mol. The first-order chi connectivity index (χ1) is 2.56. The SMILES string of the molecule is O=S(=O)(O)OF.[BaH2]. The van der Waals surface area contributed by atoms with E-state index in [4.69, 9.17) is 13.0 Å². The van der Waals surface area contributed by atoms with Crippen molar-refractivity contribution in [2.24, 2.45) is 0 Å². The standard InChI is InChI=1S/Ba.FHO4S.2H/c;1-5-6(2,3)4;;/h;(H,2,3,4);;. The third-order valence-electron chi connectivity index (χ3n) is 0.0796. The van der Waals surface area contributed by atoms with Crippen LogP contribution in [0, 0.1) is 0 Å². The van der Waals surface area contributed by atoms with Crippen molar-refractivity contribution < 1.29 is 21.9 Å². The van der Waals surface area contributed by atoms with Crippen LogP contribution in [0.2, 0.25) is 0 Å². The van der Waals surface area contributed by atoms with E-state index in [-0.39, 0.29) is 48.9 Å². The Morgan fingerprint density at radius 3 is 1.71 bits per heavy atom. The van der Waals surface area contributed by atoms with Gasteiger partial charge in [0, 0.05) is 0 Å². The van der Waals surface area contributed by atoms with Gasteiger partial charge < -0.3 is 0 Å². The fourth-order valence-corrected chi connectivity index (χ4v) is 0. The van der Waals surface area contributed by atoms with Crippen LogP contribution in [0.25, 0.3) is 0 Å². The van der Waals surface area contributed by atoms with Crippen molar-refractivity contribution in [3.8, 4) is 0 Å². The molecule has 0 amide bonds. The molecular formula is H3BaFO4S. The van der Waals surface area contributed by atoms with Crippen LogP contribution in [-0.4, -0.2) is 61.9 Å². The van der Waals surface area contributed by atoms with Crippen molar-refractivity contribution in [2.45, 2.75) is 0 Å². The summed E-state index contributed by atoms with van der Waals surface area (Å²) in [5.41, 5.74) is 0. The molecule has 0 aromatic carbocycles. The summed E-state index contributed by atoms with van der Waals surface area (Å²) in [5.74, 6) is 0. The van der Waals surface area contributed by atoms with Crippen molar-refractivity contribution in [2.75, 3.05) is 0 Å². The van der Waals surface area contributed by atoms with E-state index in [1.54, 1.807) is 0 Å². The Balaban J connectivity index is 0. The molecule has 0 aromatic rings. The molecule has 0 saturated heterocycles. The first kappa shape index (κ1) is 11.2. The molecule has 0 rings (SSSR count). The zero-order valence-corrected chi connectivity index (χ0v) is 3.27. The topological polar surface area (TPSA) is 63.6 Å². The summed E-state index contributed by atoms with van der Waals surface area (Å²) in [4.78, 5) is 0. The van der Waals surface area contributed by atoms with Crippen molar-refractivity contribution in [1.29, 1.82) is 0 Å². The van der Waals surface area contributed by atoms with Crippen LogP contribution in [0.15, 0.2) is 0 Å². The van der Waals surface area contributed by atoms with Crippen LogP contribution in [0.4, 0.5) is 4.53 Å². The second kappa shape index (κ2) is 4.27. The fraction of sp³-hybridized carbons (Fsp3) is 0. The first-order valence-corrected chi connectivity index (χ1v) is 2.20. The molecule has 0 radical (unpaired) electrons. The second-order valence-corrected chi connectivity index (χ2v) is 1.47. The van der Waals surface area contributed by atoms with Crippen LogP contribution < -0.4 is 0 Å². The number of rotatable bonds is 1. The third kappa shape index (κ3) is 11.1. The van der Waals surface area contributed by atoms with Gasteiger partial charge in [0.15, 0.2) is 0 Å². The maximum absolute atomic E-state index is 10.2. The molecule has 0 heterocycles. The summed E-state index contributed by atoms with van der Waals surface area (Å²) < 4.78 is 37.2. The van der Waals surface area contributed by atoms with Crippen molar-refractivity contribution in [3.05, 3.63) is 0 Å². The van der Waals surface area contributed by atoms with Crippen molar-refractivity contribution in [1.82, 2.24) is 0 Å². The summed E-state index contributed by atoms with van der Waals surface area (Å²) in [7, 11) is -4.83. The minimum absolute atomic E-state index is 0. The average Bonchev–Trinajstić information content (AvgIpc) is 1.35. The number of hydrogen-bond donors (Lipinski definition) is 1. The summed E-state index contributed by atoms with van der Waals surface area (Å²) in [6.45, 7) is 0. The molecule has 1 N–H and O–H groups in total. The quantitative estimate of drug-likeness (QED) is 0.471. The van der Waals surface area contributed by atoms with E-state index in [9.17, 15) is 4.53 Å². The van der Waals surface area contributed by atoms with Crippen molar-refractivity contribution >= 4 is 59.3 Å². The second-order valence-electron chi connectivity index (χ2n) is 0.491. The Morgan fingerprint density at radius 1 is 1.57 bits per heavy atom. The fourth-order valence-electron chi connectivity index (χ4n) is 0. The van der Waals surface area contributed by atoms with Gasteiger partial charge in [0.25, 0.3) is 0 Å². The van der Waals surface area contributed by atoms with Crippen LogP contribution in [0.3, 0.4) is 0 Å². The van der Waals surface area contributed by atoms with Crippen molar-refractivity contribution in [3.63, 3.8) is 0 Å². The predicted octanol–water partition coefficient (Wildman–Crippen LogP) is -1.23. The van der Waals surface area contributed by atoms with Gasteiger partial charge >= 0.3 is 59.3 Å². The van der Waals surface area contributed by atoms with Gasteiger partial charge in [-0.2, -0.15) is 8.42 Å². The molecule has 0 aliphatic carbocycles. The minimum atomic E-state index is -4.83. The molecule has 0 aromatic heterocycles. The molecule has 7 heteroatoms. The Labute approximate surface area is 80.0 Å². The van der Waals surface area contributed by atoms with E-state index in [0.717, 1.165) is 0 Å². The molecule has 0 spiro atoms. The zero-order valence-electron chi connectivity index (χ0n) is 2.46. The molecule has 0 saturated carbocycles. The molecule has 0 aliphatic heterocycles. The molecular weight excluding hydrogens is 252 g/mol. The molecule has 7 heavy (non-hydrogen) atoms. The van der Waals surface area contributed by atoms with Crippen LogP contribution in [-0.2, 0) is 14.8 Å². The van der Waals surface area contributed by atoms with Crippen LogP contribution in [0.1, 0.15) is 0 Å². The molecule has 0 bridgehead atoms. The molecule has 0 aliphatic rings. The average molecular weight is 255 g/mol. The normalized spacial score (nSPS) is 10.0. The molecule has 4 nitrogen and oxygen atoms in total. The Morgan fingerprint density at radius 2 is 1.71 bits per heavy atom. The van der Waals surface area contributed by atoms with Gasteiger partial charge in [0.05, 0.1) is 0 Å². The van der Waals surface area contributed by atoms with Gasteiger partial charge in [-0.3, -0.25) is 4.55 Å². The monoisotopic (exact) mass is 256 g/mol. The van der Waals surface area contributed by atoms with Crippen LogP contribution in [0.5, 0.6) is 0 Å².